The zero-order valence-corrected chi connectivity index (χ0v) is 12.5. The maximum atomic E-state index is 12.5. The predicted molar refractivity (Wildman–Crippen MR) is 79.6 cm³/mol. The van der Waals surface area contributed by atoms with Crippen LogP contribution in [0.4, 0.5) is 0 Å². The molecule has 0 atom stereocenters. The third-order valence-electron chi connectivity index (χ3n) is 4.26. The highest BCUT2D eigenvalue weighted by Crippen LogP contribution is 2.36. The molecule has 0 bridgehead atoms. The molecule has 0 saturated heterocycles. The highest BCUT2D eigenvalue weighted by Gasteiger charge is 2.27. The number of hydrogen-bond acceptors (Lipinski definition) is 3. The van der Waals surface area contributed by atoms with E-state index in [1.807, 2.05) is 11.8 Å². The second kappa shape index (κ2) is 5.38. The van der Waals surface area contributed by atoms with Crippen LogP contribution >= 0.6 is 23.1 Å². The van der Waals surface area contributed by atoms with E-state index < -0.39 is 0 Å². The second-order valence-electron chi connectivity index (χ2n) is 5.68. The maximum Gasteiger partial charge on any atom is 0.175 e. The summed E-state index contributed by atoms with van der Waals surface area (Å²) in [6.07, 6.45) is 5.85. The van der Waals surface area contributed by atoms with Crippen molar-refractivity contribution in [3.05, 3.63) is 21.4 Å². The highest BCUT2D eigenvalue weighted by atomic mass is 32.2. The molecule has 1 aromatic heterocycles. The molecule has 3 rings (SSSR count). The Morgan fingerprint density at radius 2 is 2.06 bits per heavy atom. The minimum absolute atomic E-state index is 0.314. The van der Waals surface area contributed by atoms with Crippen molar-refractivity contribution in [3.63, 3.8) is 0 Å². The minimum Gasteiger partial charge on any atom is -0.293 e. The lowest BCUT2D eigenvalue weighted by Gasteiger charge is -2.24. The SMILES string of the molecule is CC1CCC(C(=O)c2cc3c(s2)CCSC3)CC1. The van der Waals surface area contributed by atoms with E-state index in [1.54, 1.807) is 11.3 Å². The van der Waals surface area contributed by atoms with Gasteiger partial charge in [0.15, 0.2) is 5.78 Å². The van der Waals surface area contributed by atoms with Crippen LogP contribution in [0.3, 0.4) is 0 Å². The monoisotopic (exact) mass is 280 g/mol. The van der Waals surface area contributed by atoms with E-state index in [1.165, 1.54) is 35.5 Å². The normalized spacial score (nSPS) is 27.8. The summed E-state index contributed by atoms with van der Waals surface area (Å²) in [5.74, 6) is 3.91. The molecule has 0 aromatic carbocycles. The Kier molecular flexibility index (Phi) is 3.81. The molecule has 0 unspecified atom stereocenters. The van der Waals surface area contributed by atoms with Crippen LogP contribution in [-0.4, -0.2) is 11.5 Å². The third kappa shape index (κ3) is 2.53. The van der Waals surface area contributed by atoms with E-state index >= 15 is 0 Å². The Morgan fingerprint density at radius 3 is 2.78 bits per heavy atom. The van der Waals surface area contributed by atoms with Gasteiger partial charge in [-0.05, 0) is 42.6 Å². The summed E-state index contributed by atoms with van der Waals surface area (Å²) >= 11 is 3.77. The van der Waals surface area contributed by atoms with Gasteiger partial charge in [0.2, 0.25) is 0 Å². The van der Waals surface area contributed by atoms with Crippen LogP contribution in [0.1, 0.15) is 52.7 Å². The van der Waals surface area contributed by atoms with Gasteiger partial charge >= 0.3 is 0 Å². The van der Waals surface area contributed by atoms with E-state index in [0.717, 1.165) is 29.4 Å². The first-order chi connectivity index (χ1) is 8.74. The number of rotatable bonds is 2. The molecule has 0 radical (unpaired) electrons. The van der Waals surface area contributed by atoms with Crippen molar-refractivity contribution >= 4 is 28.9 Å². The fourth-order valence-electron chi connectivity index (χ4n) is 2.99. The van der Waals surface area contributed by atoms with Gasteiger partial charge in [0.25, 0.3) is 0 Å². The van der Waals surface area contributed by atoms with Crippen LogP contribution in [0.2, 0.25) is 0 Å². The molecular formula is C15H20OS2. The Hall–Kier alpha value is -0.280. The zero-order valence-electron chi connectivity index (χ0n) is 10.9. The summed E-state index contributed by atoms with van der Waals surface area (Å²) in [5, 5.41) is 0. The first-order valence-corrected chi connectivity index (χ1v) is 8.94. The fraction of sp³-hybridized carbons (Fsp3) is 0.667. The molecule has 1 saturated carbocycles. The van der Waals surface area contributed by atoms with Crippen LogP contribution in [-0.2, 0) is 12.2 Å². The van der Waals surface area contributed by atoms with Gasteiger partial charge < -0.3 is 0 Å². The first-order valence-electron chi connectivity index (χ1n) is 6.97. The minimum atomic E-state index is 0.314. The lowest BCUT2D eigenvalue weighted by Crippen LogP contribution is -2.20. The van der Waals surface area contributed by atoms with Crippen LogP contribution in [0.25, 0.3) is 0 Å². The van der Waals surface area contributed by atoms with Crippen LogP contribution in [0.5, 0.6) is 0 Å². The zero-order chi connectivity index (χ0) is 12.5. The van der Waals surface area contributed by atoms with Crippen LogP contribution < -0.4 is 0 Å². The van der Waals surface area contributed by atoms with Gasteiger partial charge in [0.1, 0.15) is 0 Å². The molecule has 1 nitrogen and oxygen atoms in total. The van der Waals surface area contributed by atoms with Crippen molar-refractivity contribution in [1.82, 2.24) is 0 Å². The van der Waals surface area contributed by atoms with Gasteiger partial charge in [-0.2, -0.15) is 11.8 Å². The molecule has 2 aliphatic rings. The average molecular weight is 280 g/mol. The van der Waals surface area contributed by atoms with Crippen molar-refractivity contribution in [2.45, 2.75) is 44.8 Å². The van der Waals surface area contributed by atoms with Crippen molar-refractivity contribution < 1.29 is 4.79 Å². The summed E-state index contributed by atoms with van der Waals surface area (Å²) in [4.78, 5) is 15.0. The van der Waals surface area contributed by atoms with Crippen LogP contribution in [0, 0.1) is 11.8 Å². The quantitative estimate of drug-likeness (QED) is 0.739. The number of fused-ring (bicyclic) bond motifs is 1. The van der Waals surface area contributed by atoms with Gasteiger partial charge in [0, 0.05) is 16.5 Å². The lowest BCUT2D eigenvalue weighted by molar-refractivity contribution is 0.0880. The number of thiophene rings is 1. The van der Waals surface area contributed by atoms with Gasteiger partial charge in [0.05, 0.1) is 4.88 Å². The molecule has 1 aromatic rings. The largest absolute Gasteiger partial charge is 0.293 e. The Bertz CT molecular complexity index is 418. The van der Waals surface area contributed by atoms with E-state index in [4.69, 9.17) is 0 Å². The number of carbonyl (C=O) groups excluding carboxylic acids is 1. The Morgan fingerprint density at radius 1 is 1.28 bits per heavy atom. The molecule has 1 aliphatic carbocycles. The number of ketones is 1. The molecule has 18 heavy (non-hydrogen) atoms. The molecule has 0 amide bonds. The van der Waals surface area contributed by atoms with E-state index in [9.17, 15) is 4.79 Å². The smallest absolute Gasteiger partial charge is 0.175 e. The average Bonchev–Trinajstić information content (AvgIpc) is 2.82. The van der Waals surface area contributed by atoms with Gasteiger partial charge in [-0.15, -0.1) is 11.3 Å². The molecule has 0 spiro atoms. The second-order valence-corrected chi connectivity index (χ2v) is 7.92. The molecule has 0 N–H and O–H groups in total. The molecular weight excluding hydrogens is 260 g/mol. The van der Waals surface area contributed by atoms with Crippen molar-refractivity contribution in [3.8, 4) is 0 Å². The summed E-state index contributed by atoms with van der Waals surface area (Å²) in [6.45, 7) is 2.31. The summed E-state index contributed by atoms with van der Waals surface area (Å²) in [5.41, 5.74) is 1.43. The number of aryl methyl sites for hydroxylation is 1. The van der Waals surface area contributed by atoms with E-state index in [2.05, 4.69) is 13.0 Å². The molecule has 2 heterocycles. The summed E-state index contributed by atoms with van der Waals surface area (Å²) < 4.78 is 0. The Labute approximate surface area is 117 Å². The maximum absolute atomic E-state index is 12.5. The standard InChI is InChI=1S/C15H20OS2/c1-10-2-4-11(5-3-10)15(16)14-8-12-9-17-7-6-13(12)18-14/h8,10-11H,2-7,9H2,1H3. The number of carbonyl (C=O) groups is 1. The third-order valence-corrected chi connectivity index (χ3v) is 6.52. The summed E-state index contributed by atoms with van der Waals surface area (Å²) in [7, 11) is 0. The summed E-state index contributed by atoms with van der Waals surface area (Å²) in [6, 6.07) is 2.19. The first kappa shape index (κ1) is 12.7. The van der Waals surface area contributed by atoms with E-state index in [-0.39, 0.29) is 0 Å². The number of hydrogen-bond donors (Lipinski definition) is 0. The van der Waals surface area contributed by atoms with Gasteiger partial charge in [-0.25, -0.2) is 0 Å². The van der Waals surface area contributed by atoms with E-state index in [0.29, 0.717) is 11.7 Å². The number of thioether (sulfide) groups is 1. The van der Waals surface area contributed by atoms with Gasteiger partial charge in [-0.3, -0.25) is 4.79 Å². The molecule has 3 heteroatoms. The van der Waals surface area contributed by atoms with Crippen molar-refractivity contribution in [1.29, 1.82) is 0 Å². The fourth-order valence-corrected chi connectivity index (χ4v) is 5.38. The number of Topliss-reactive ketones (excluding diaryl/α,β-unsaturated/α-hetero) is 1. The molecule has 1 aliphatic heterocycles. The van der Waals surface area contributed by atoms with Crippen molar-refractivity contribution in [2.24, 2.45) is 11.8 Å². The molecule has 98 valence electrons. The van der Waals surface area contributed by atoms with Crippen LogP contribution in [0.15, 0.2) is 6.07 Å². The lowest BCUT2D eigenvalue weighted by atomic mass is 9.80. The predicted octanol–water partition coefficient (Wildman–Crippen LogP) is 4.55. The van der Waals surface area contributed by atoms with Crippen molar-refractivity contribution in [2.75, 3.05) is 5.75 Å². The highest BCUT2D eigenvalue weighted by molar-refractivity contribution is 7.98. The van der Waals surface area contributed by atoms with Gasteiger partial charge in [-0.1, -0.05) is 19.8 Å². The Balaban J connectivity index is 1.74. The molecule has 1 fully saturated rings. The topological polar surface area (TPSA) is 17.1 Å².